The molecule has 0 aliphatic heterocycles. The first-order valence-corrected chi connectivity index (χ1v) is 10.4. The maximum Gasteiger partial charge on any atom is 0.343 e. The molecule has 0 aliphatic rings. The summed E-state index contributed by atoms with van der Waals surface area (Å²) in [6.07, 6.45) is 0. The van der Waals surface area contributed by atoms with Gasteiger partial charge in [-0.3, -0.25) is 4.68 Å². The Hall–Kier alpha value is -3.00. The minimum Gasteiger partial charge on any atom is -0.481 e. The molecule has 0 aromatic carbocycles. The van der Waals surface area contributed by atoms with Gasteiger partial charge in [0.05, 0.1) is 32.6 Å². The van der Waals surface area contributed by atoms with Crippen LogP contribution in [0.3, 0.4) is 0 Å². The summed E-state index contributed by atoms with van der Waals surface area (Å²) in [7, 11) is -0.0617. The monoisotopic (exact) mass is 442 g/mol. The smallest absolute Gasteiger partial charge is 0.343 e. The molecular weight excluding hydrogens is 424 g/mol. The highest BCUT2D eigenvalue weighted by Crippen LogP contribution is 2.23. The molecule has 3 rings (SSSR count). The van der Waals surface area contributed by atoms with Crippen LogP contribution in [0, 0.1) is 6.92 Å². The SMILES string of the molecule is CCOC(=O)c1c(C)nn(C)c1S(=O)(=O)N=c1nc2nc(OC)cc(OC)n2s1. The number of nitrogens with zero attached hydrogens (tertiary/aromatic N) is 6. The van der Waals surface area contributed by atoms with Crippen LogP contribution in [0.1, 0.15) is 23.0 Å². The fourth-order valence-corrected chi connectivity index (χ4v) is 4.87. The van der Waals surface area contributed by atoms with Gasteiger partial charge in [-0.15, -0.1) is 4.40 Å². The zero-order chi connectivity index (χ0) is 21.3. The number of hydrogen-bond donors (Lipinski definition) is 0. The summed E-state index contributed by atoms with van der Waals surface area (Å²) >= 11 is 0.897. The Morgan fingerprint density at radius 2 is 2.00 bits per heavy atom. The molecular formula is C15H18N6O6S2. The van der Waals surface area contributed by atoms with Crippen LogP contribution in [-0.4, -0.2) is 58.8 Å². The minimum atomic E-state index is -4.34. The van der Waals surface area contributed by atoms with Crippen molar-refractivity contribution >= 4 is 33.3 Å². The molecule has 0 spiro atoms. The maximum atomic E-state index is 13.0. The molecule has 0 radical (unpaired) electrons. The molecule has 3 aromatic rings. The normalized spacial score (nSPS) is 12.4. The third-order valence-electron chi connectivity index (χ3n) is 3.72. The van der Waals surface area contributed by atoms with Crippen LogP contribution in [0.4, 0.5) is 0 Å². The van der Waals surface area contributed by atoms with Crippen molar-refractivity contribution in [1.29, 1.82) is 0 Å². The molecule has 0 bridgehead atoms. The van der Waals surface area contributed by atoms with Gasteiger partial charge >= 0.3 is 16.0 Å². The highest BCUT2D eigenvalue weighted by Gasteiger charge is 2.31. The van der Waals surface area contributed by atoms with Gasteiger partial charge in [-0.2, -0.15) is 27.3 Å². The molecule has 0 amide bonds. The Kier molecular flexibility index (Phi) is 5.57. The highest BCUT2D eigenvalue weighted by molar-refractivity contribution is 7.90. The molecule has 29 heavy (non-hydrogen) atoms. The van der Waals surface area contributed by atoms with Gasteiger partial charge in [-0.25, -0.2) is 4.79 Å². The van der Waals surface area contributed by atoms with Gasteiger partial charge in [0.1, 0.15) is 5.56 Å². The molecule has 0 fully saturated rings. The molecule has 12 nitrogen and oxygen atoms in total. The number of rotatable bonds is 6. The quantitative estimate of drug-likeness (QED) is 0.494. The topological polar surface area (TPSA) is 139 Å². The van der Waals surface area contributed by atoms with Crippen LogP contribution >= 0.6 is 11.5 Å². The summed E-state index contributed by atoms with van der Waals surface area (Å²) < 4.78 is 47.5. The van der Waals surface area contributed by atoms with E-state index in [1.165, 1.54) is 38.0 Å². The van der Waals surface area contributed by atoms with Gasteiger partial charge in [0.2, 0.25) is 16.6 Å². The number of ether oxygens (including phenoxy) is 3. The predicted molar refractivity (Wildman–Crippen MR) is 101 cm³/mol. The number of aromatic nitrogens is 5. The van der Waals surface area contributed by atoms with E-state index < -0.39 is 16.0 Å². The van der Waals surface area contributed by atoms with E-state index >= 15 is 0 Å². The number of carbonyl (C=O) groups excluding carboxylic acids is 1. The van der Waals surface area contributed by atoms with Crippen molar-refractivity contribution in [3.05, 3.63) is 22.1 Å². The van der Waals surface area contributed by atoms with E-state index in [0.717, 1.165) is 16.2 Å². The summed E-state index contributed by atoms with van der Waals surface area (Å²) in [5, 5.41) is 3.64. The van der Waals surface area contributed by atoms with Crippen molar-refractivity contribution in [2.45, 2.75) is 18.9 Å². The molecule has 0 saturated carbocycles. The first-order chi connectivity index (χ1) is 13.7. The number of aryl methyl sites for hydroxylation is 2. The average molecular weight is 442 g/mol. The molecule has 156 valence electrons. The molecule has 0 saturated heterocycles. The van der Waals surface area contributed by atoms with Crippen LogP contribution in [0.2, 0.25) is 0 Å². The summed E-state index contributed by atoms with van der Waals surface area (Å²) in [4.78, 5) is 20.4. The molecule has 0 aliphatic carbocycles. The zero-order valence-electron chi connectivity index (χ0n) is 16.2. The number of sulfonamides is 1. The number of hydrogen-bond acceptors (Lipinski definition) is 10. The lowest BCUT2D eigenvalue weighted by Gasteiger charge is -2.04. The molecule has 0 atom stereocenters. The maximum absolute atomic E-state index is 13.0. The summed E-state index contributed by atoms with van der Waals surface area (Å²) in [5.41, 5.74) is 0.0516. The van der Waals surface area contributed by atoms with Crippen molar-refractivity contribution in [1.82, 2.24) is 23.5 Å². The Labute approximate surface area is 169 Å². The summed E-state index contributed by atoms with van der Waals surface area (Å²) in [6.45, 7) is 3.22. The first-order valence-electron chi connectivity index (χ1n) is 8.22. The number of fused-ring (bicyclic) bond motifs is 1. The average Bonchev–Trinajstić information content (AvgIpc) is 3.19. The van der Waals surface area contributed by atoms with Gasteiger partial charge in [0.25, 0.3) is 5.78 Å². The van der Waals surface area contributed by atoms with Crippen LogP contribution in [0.15, 0.2) is 15.5 Å². The van der Waals surface area contributed by atoms with E-state index in [9.17, 15) is 13.2 Å². The van der Waals surface area contributed by atoms with Crippen LogP contribution < -0.4 is 14.3 Å². The fourth-order valence-electron chi connectivity index (χ4n) is 2.58. The van der Waals surface area contributed by atoms with Gasteiger partial charge in [-0.1, -0.05) is 0 Å². The Balaban J connectivity index is 2.20. The van der Waals surface area contributed by atoms with Gasteiger partial charge in [0.15, 0.2) is 5.03 Å². The highest BCUT2D eigenvalue weighted by atomic mass is 32.2. The fraction of sp³-hybridized carbons (Fsp3) is 0.400. The minimum absolute atomic E-state index is 0.0889. The summed E-state index contributed by atoms with van der Waals surface area (Å²) in [5.74, 6) is -0.0641. The number of carbonyl (C=O) groups is 1. The third-order valence-corrected chi connectivity index (χ3v) is 6.08. The van der Waals surface area contributed by atoms with Crippen molar-refractivity contribution in [3.8, 4) is 11.8 Å². The van der Waals surface area contributed by atoms with Crippen molar-refractivity contribution in [2.75, 3.05) is 20.8 Å². The number of esters is 1. The second kappa shape index (κ2) is 7.79. The van der Waals surface area contributed by atoms with E-state index in [1.54, 1.807) is 6.92 Å². The van der Waals surface area contributed by atoms with E-state index in [4.69, 9.17) is 14.2 Å². The Morgan fingerprint density at radius 1 is 1.28 bits per heavy atom. The third kappa shape index (κ3) is 3.80. The first kappa shape index (κ1) is 20.7. The van der Waals surface area contributed by atoms with Crippen molar-refractivity contribution in [3.63, 3.8) is 0 Å². The Morgan fingerprint density at radius 3 is 2.62 bits per heavy atom. The van der Waals surface area contributed by atoms with Crippen LogP contribution in [0.5, 0.6) is 11.8 Å². The second-order valence-corrected chi connectivity index (χ2v) is 8.03. The largest absolute Gasteiger partial charge is 0.481 e. The van der Waals surface area contributed by atoms with Gasteiger partial charge in [-0.05, 0) is 25.4 Å². The van der Waals surface area contributed by atoms with Gasteiger partial charge in [0, 0.05) is 7.05 Å². The molecule has 14 heteroatoms. The second-order valence-electron chi connectivity index (χ2n) is 5.60. The van der Waals surface area contributed by atoms with Crippen molar-refractivity contribution in [2.24, 2.45) is 11.4 Å². The molecule has 3 heterocycles. The van der Waals surface area contributed by atoms with Crippen LogP contribution in [0.25, 0.3) is 5.78 Å². The lowest BCUT2D eigenvalue weighted by molar-refractivity contribution is 0.0520. The molecule has 0 unspecified atom stereocenters. The standard InChI is InChI=1S/C15H18N6O6S2/c1-6-27-13(22)11-8(2)18-20(3)12(11)29(23,24)19-15-17-14-16-9(25-4)7-10(26-5)21(14)28-15/h7H,6H2,1-5H3. The summed E-state index contributed by atoms with van der Waals surface area (Å²) in [6, 6.07) is 1.52. The molecule has 0 N–H and O–H groups in total. The van der Waals surface area contributed by atoms with Crippen LogP contribution in [-0.2, 0) is 21.8 Å². The Bertz CT molecular complexity index is 1260. The van der Waals surface area contributed by atoms with E-state index in [-0.39, 0.29) is 39.3 Å². The van der Waals surface area contributed by atoms with Gasteiger partial charge < -0.3 is 14.2 Å². The van der Waals surface area contributed by atoms with E-state index in [0.29, 0.717) is 5.88 Å². The lowest BCUT2D eigenvalue weighted by Crippen LogP contribution is -2.15. The van der Waals surface area contributed by atoms with Crippen molar-refractivity contribution < 1.29 is 27.4 Å². The lowest BCUT2D eigenvalue weighted by atomic mass is 10.3. The zero-order valence-corrected chi connectivity index (χ0v) is 17.9. The number of methoxy groups -OCH3 is 2. The predicted octanol–water partition coefficient (Wildman–Crippen LogP) is 0.316. The van der Waals surface area contributed by atoms with E-state index in [2.05, 4.69) is 19.5 Å². The van der Waals surface area contributed by atoms with E-state index in [1.807, 2.05) is 0 Å². The molecule has 3 aromatic heterocycles.